The molecule has 3 aromatic rings. The summed E-state index contributed by atoms with van der Waals surface area (Å²) in [5.41, 5.74) is 3.05. The summed E-state index contributed by atoms with van der Waals surface area (Å²) in [6.07, 6.45) is 3.60. The van der Waals surface area contributed by atoms with Gasteiger partial charge in [-0.1, -0.05) is 24.3 Å². The molecule has 5 nitrogen and oxygen atoms in total. The van der Waals surface area contributed by atoms with Crippen molar-refractivity contribution in [3.05, 3.63) is 65.9 Å². The Hall–Kier alpha value is -2.37. The predicted octanol–water partition coefficient (Wildman–Crippen LogP) is 2.33. The van der Waals surface area contributed by atoms with Gasteiger partial charge >= 0.3 is 0 Å². The number of hydrogen-bond donors (Lipinski definition) is 1. The van der Waals surface area contributed by atoms with Gasteiger partial charge in [-0.25, -0.2) is 9.97 Å². The van der Waals surface area contributed by atoms with Crippen LogP contribution in [-0.2, 0) is 13.1 Å². The molecule has 0 saturated heterocycles. The van der Waals surface area contributed by atoms with E-state index in [0.717, 1.165) is 28.0 Å². The number of benzene rings is 1. The van der Waals surface area contributed by atoms with Gasteiger partial charge in [-0.15, -0.1) is 0 Å². The van der Waals surface area contributed by atoms with Crippen molar-refractivity contribution in [1.29, 1.82) is 0 Å². The quantitative estimate of drug-likeness (QED) is 0.757. The molecule has 0 unspecified atom stereocenters. The Morgan fingerprint density at radius 2 is 1.91 bits per heavy atom. The van der Waals surface area contributed by atoms with Crippen LogP contribution in [-0.4, -0.2) is 38.1 Å². The predicted molar refractivity (Wildman–Crippen MR) is 89.7 cm³/mol. The molecule has 1 N–H and O–H groups in total. The Balaban J connectivity index is 1.82. The summed E-state index contributed by atoms with van der Waals surface area (Å²) in [6.45, 7) is 3.99. The van der Waals surface area contributed by atoms with Crippen LogP contribution in [0.4, 0.5) is 0 Å². The SMILES string of the molecule is Cc1nc(CN(CCO)Cc2cccnc2)nc2ccccc12. The first-order valence-corrected chi connectivity index (χ1v) is 7.70. The van der Waals surface area contributed by atoms with Gasteiger partial charge in [-0.05, 0) is 24.6 Å². The minimum absolute atomic E-state index is 0.104. The second-order valence-electron chi connectivity index (χ2n) is 5.54. The third-order valence-corrected chi connectivity index (χ3v) is 3.75. The van der Waals surface area contributed by atoms with Crippen molar-refractivity contribution in [2.75, 3.05) is 13.2 Å². The average molecular weight is 308 g/mol. The lowest BCUT2D eigenvalue weighted by molar-refractivity contribution is 0.181. The summed E-state index contributed by atoms with van der Waals surface area (Å²) in [5.74, 6) is 0.776. The smallest absolute Gasteiger partial charge is 0.143 e. The second-order valence-corrected chi connectivity index (χ2v) is 5.54. The van der Waals surface area contributed by atoms with E-state index in [4.69, 9.17) is 0 Å². The van der Waals surface area contributed by atoms with E-state index in [1.165, 1.54) is 0 Å². The van der Waals surface area contributed by atoms with Gasteiger partial charge in [0.25, 0.3) is 0 Å². The van der Waals surface area contributed by atoms with Crippen LogP contribution < -0.4 is 0 Å². The second kappa shape index (κ2) is 7.26. The van der Waals surface area contributed by atoms with Gasteiger partial charge in [0.15, 0.2) is 0 Å². The Morgan fingerprint density at radius 3 is 2.70 bits per heavy atom. The number of aromatic nitrogens is 3. The minimum Gasteiger partial charge on any atom is -0.395 e. The zero-order valence-corrected chi connectivity index (χ0v) is 13.2. The molecule has 118 valence electrons. The molecular formula is C18H20N4O. The van der Waals surface area contributed by atoms with Crippen LogP contribution in [0.3, 0.4) is 0 Å². The molecule has 5 heteroatoms. The van der Waals surface area contributed by atoms with Gasteiger partial charge in [0, 0.05) is 36.6 Å². The van der Waals surface area contributed by atoms with Crippen LogP contribution in [0.5, 0.6) is 0 Å². The molecule has 0 radical (unpaired) electrons. The molecule has 2 heterocycles. The first-order valence-electron chi connectivity index (χ1n) is 7.70. The van der Waals surface area contributed by atoms with Gasteiger partial charge in [0.05, 0.1) is 18.7 Å². The van der Waals surface area contributed by atoms with E-state index in [1.807, 2.05) is 49.5 Å². The van der Waals surface area contributed by atoms with Gasteiger partial charge in [0.1, 0.15) is 5.82 Å². The monoisotopic (exact) mass is 308 g/mol. The van der Waals surface area contributed by atoms with E-state index in [2.05, 4.69) is 19.9 Å². The Bertz CT molecular complexity index is 776. The van der Waals surface area contributed by atoms with Crippen LogP contribution in [0.15, 0.2) is 48.8 Å². The Kier molecular flexibility index (Phi) is 4.90. The summed E-state index contributed by atoms with van der Waals surface area (Å²) >= 11 is 0. The maximum Gasteiger partial charge on any atom is 0.143 e. The molecule has 0 aliphatic carbocycles. The van der Waals surface area contributed by atoms with Crippen molar-refractivity contribution in [3.8, 4) is 0 Å². The van der Waals surface area contributed by atoms with Crippen molar-refractivity contribution in [2.24, 2.45) is 0 Å². The van der Waals surface area contributed by atoms with Crippen molar-refractivity contribution in [2.45, 2.75) is 20.0 Å². The number of aliphatic hydroxyl groups is 1. The first-order chi connectivity index (χ1) is 11.3. The maximum atomic E-state index is 9.32. The lowest BCUT2D eigenvalue weighted by Gasteiger charge is -2.20. The average Bonchev–Trinajstić information content (AvgIpc) is 2.56. The third kappa shape index (κ3) is 3.88. The summed E-state index contributed by atoms with van der Waals surface area (Å²) in [4.78, 5) is 15.5. The molecule has 0 fully saturated rings. The lowest BCUT2D eigenvalue weighted by Crippen LogP contribution is -2.27. The molecule has 0 amide bonds. The highest BCUT2D eigenvalue weighted by atomic mass is 16.3. The summed E-state index contributed by atoms with van der Waals surface area (Å²) < 4.78 is 0. The zero-order chi connectivity index (χ0) is 16.1. The van der Waals surface area contributed by atoms with E-state index in [9.17, 15) is 5.11 Å². The molecule has 0 atom stereocenters. The highest BCUT2D eigenvalue weighted by Gasteiger charge is 2.10. The van der Waals surface area contributed by atoms with Gasteiger partial charge in [-0.3, -0.25) is 9.88 Å². The van der Waals surface area contributed by atoms with E-state index >= 15 is 0 Å². The Morgan fingerprint density at radius 1 is 1.04 bits per heavy atom. The molecule has 0 bridgehead atoms. The standard InChI is InChI=1S/C18H20N4O/c1-14-16-6-2-3-7-17(16)21-18(20-14)13-22(9-10-23)12-15-5-4-8-19-11-15/h2-8,11,23H,9-10,12-13H2,1H3. The molecule has 0 saturated carbocycles. The number of aliphatic hydroxyl groups excluding tert-OH is 1. The molecule has 0 spiro atoms. The molecule has 2 aromatic heterocycles. The normalized spacial score (nSPS) is 11.3. The van der Waals surface area contributed by atoms with Gasteiger partial charge in [-0.2, -0.15) is 0 Å². The number of aryl methyl sites for hydroxylation is 1. The van der Waals surface area contributed by atoms with Crippen LogP contribution in [0.2, 0.25) is 0 Å². The van der Waals surface area contributed by atoms with Crippen molar-refractivity contribution < 1.29 is 5.11 Å². The molecule has 3 rings (SSSR count). The van der Waals surface area contributed by atoms with Crippen LogP contribution in [0, 0.1) is 6.92 Å². The number of para-hydroxylation sites is 1. The fourth-order valence-corrected chi connectivity index (χ4v) is 2.67. The fraction of sp³-hybridized carbons (Fsp3) is 0.278. The van der Waals surface area contributed by atoms with Crippen LogP contribution in [0.1, 0.15) is 17.1 Å². The van der Waals surface area contributed by atoms with Gasteiger partial charge < -0.3 is 5.11 Å². The largest absolute Gasteiger partial charge is 0.395 e. The topological polar surface area (TPSA) is 62.1 Å². The van der Waals surface area contributed by atoms with Crippen molar-refractivity contribution in [3.63, 3.8) is 0 Å². The molecule has 1 aromatic carbocycles. The minimum atomic E-state index is 0.104. The molecule has 0 aliphatic heterocycles. The molecular weight excluding hydrogens is 288 g/mol. The zero-order valence-electron chi connectivity index (χ0n) is 13.2. The van der Waals surface area contributed by atoms with Crippen molar-refractivity contribution in [1.82, 2.24) is 19.9 Å². The van der Waals surface area contributed by atoms with E-state index in [1.54, 1.807) is 6.20 Å². The van der Waals surface area contributed by atoms with Crippen molar-refractivity contribution >= 4 is 10.9 Å². The highest BCUT2D eigenvalue weighted by molar-refractivity contribution is 5.80. The molecule has 0 aliphatic rings. The lowest BCUT2D eigenvalue weighted by atomic mass is 10.2. The van der Waals surface area contributed by atoms with E-state index in [-0.39, 0.29) is 6.61 Å². The summed E-state index contributed by atoms with van der Waals surface area (Å²) in [6, 6.07) is 12.0. The summed E-state index contributed by atoms with van der Waals surface area (Å²) in [7, 11) is 0. The van der Waals surface area contributed by atoms with E-state index in [0.29, 0.717) is 19.6 Å². The number of rotatable bonds is 6. The fourth-order valence-electron chi connectivity index (χ4n) is 2.67. The number of nitrogens with zero attached hydrogens (tertiary/aromatic N) is 4. The summed E-state index contributed by atoms with van der Waals surface area (Å²) in [5, 5.41) is 10.4. The number of hydrogen-bond acceptors (Lipinski definition) is 5. The first kappa shape index (κ1) is 15.5. The number of fused-ring (bicyclic) bond motifs is 1. The van der Waals surface area contributed by atoms with Crippen LogP contribution >= 0.6 is 0 Å². The maximum absolute atomic E-state index is 9.32. The number of pyridine rings is 1. The van der Waals surface area contributed by atoms with Crippen LogP contribution in [0.25, 0.3) is 10.9 Å². The highest BCUT2D eigenvalue weighted by Crippen LogP contribution is 2.16. The Labute approximate surface area is 135 Å². The van der Waals surface area contributed by atoms with Gasteiger partial charge in [0.2, 0.25) is 0 Å². The molecule has 23 heavy (non-hydrogen) atoms. The van der Waals surface area contributed by atoms with E-state index < -0.39 is 0 Å². The third-order valence-electron chi connectivity index (χ3n) is 3.75.